The Labute approximate surface area is 40.3 Å². The van der Waals surface area contributed by atoms with Crippen LogP contribution in [0.1, 0.15) is 0 Å². The number of hydrogen-bond acceptors (Lipinski definition) is 2. The summed E-state index contributed by atoms with van der Waals surface area (Å²) in [7, 11) is 0. The van der Waals surface area contributed by atoms with Gasteiger partial charge in [0.05, 0.1) is 6.21 Å². The Bertz CT molecular complexity index is 154. The molecule has 4 nitrogen and oxygen atoms in total. The average molecular weight is 96.1 g/mol. The number of hydrogen-bond donors (Lipinski definition) is 2. The van der Waals surface area contributed by atoms with Crippen molar-refractivity contribution in [2.75, 3.05) is 0 Å². The molecule has 0 saturated carbocycles. The molecule has 3 N–H and O–H groups in total. The summed E-state index contributed by atoms with van der Waals surface area (Å²) >= 11 is 0. The Morgan fingerprint density at radius 1 is 1.71 bits per heavy atom. The minimum atomic E-state index is -0.0162. The van der Waals surface area contributed by atoms with E-state index in [1.54, 1.807) is 0 Å². The molecule has 0 atom stereocenters. The Morgan fingerprint density at radius 3 is 2.57 bits per heavy atom. The van der Waals surface area contributed by atoms with Gasteiger partial charge in [0.2, 0.25) is 5.96 Å². The molecule has 0 aromatic carbocycles. The van der Waals surface area contributed by atoms with Crippen molar-refractivity contribution >= 4 is 18.0 Å². The first-order valence-corrected chi connectivity index (χ1v) is 1.76. The number of aliphatic imine (C=N–C) groups is 2. The minimum absolute atomic E-state index is 0.0162. The Balaban J connectivity index is 2.88. The van der Waals surface area contributed by atoms with Gasteiger partial charge in [0, 0.05) is 0 Å². The zero-order chi connectivity index (χ0) is 5.28. The molecule has 0 aromatic heterocycles. The lowest BCUT2D eigenvalue weighted by Gasteiger charge is -1.73. The van der Waals surface area contributed by atoms with E-state index in [0.717, 1.165) is 0 Å². The highest BCUT2D eigenvalue weighted by molar-refractivity contribution is 6.35. The van der Waals surface area contributed by atoms with Gasteiger partial charge in [0.1, 0.15) is 5.84 Å². The first-order chi connectivity index (χ1) is 3.29. The number of nitrogens with zero attached hydrogens (tertiary/aromatic N) is 2. The van der Waals surface area contributed by atoms with E-state index in [1.807, 2.05) is 0 Å². The summed E-state index contributed by atoms with van der Waals surface area (Å²) in [5.74, 6) is 0.294. The molecule has 4 heteroatoms. The third-order valence-corrected chi connectivity index (χ3v) is 0.554. The van der Waals surface area contributed by atoms with Crippen molar-refractivity contribution in [3.63, 3.8) is 0 Å². The van der Waals surface area contributed by atoms with Gasteiger partial charge in [-0.25, -0.2) is 4.99 Å². The van der Waals surface area contributed by atoms with E-state index in [-0.39, 0.29) is 5.96 Å². The van der Waals surface area contributed by atoms with Crippen LogP contribution in [0.4, 0.5) is 0 Å². The van der Waals surface area contributed by atoms with Crippen molar-refractivity contribution in [2.45, 2.75) is 0 Å². The van der Waals surface area contributed by atoms with Crippen molar-refractivity contribution in [3.05, 3.63) is 0 Å². The highest BCUT2D eigenvalue weighted by Gasteiger charge is 1.96. The van der Waals surface area contributed by atoms with E-state index in [9.17, 15) is 0 Å². The summed E-state index contributed by atoms with van der Waals surface area (Å²) < 4.78 is 0. The van der Waals surface area contributed by atoms with Gasteiger partial charge < -0.3 is 5.73 Å². The van der Waals surface area contributed by atoms with Crippen molar-refractivity contribution < 1.29 is 0 Å². The van der Waals surface area contributed by atoms with Crippen LogP contribution in [0.3, 0.4) is 0 Å². The van der Waals surface area contributed by atoms with Crippen LogP contribution in [0.25, 0.3) is 0 Å². The Hall–Kier alpha value is -1.19. The largest absolute Gasteiger partial charge is 0.382 e. The maximum atomic E-state index is 6.71. The number of rotatable bonds is 0. The van der Waals surface area contributed by atoms with Gasteiger partial charge >= 0.3 is 0 Å². The normalized spacial score (nSPS) is 17.7. The van der Waals surface area contributed by atoms with E-state index in [2.05, 4.69) is 9.98 Å². The monoisotopic (exact) mass is 96.0 g/mol. The maximum Gasteiger partial charge on any atom is 0.243 e. The van der Waals surface area contributed by atoms with Crippen LogP contribution in [0.2, 0.25) is 0 Å². The van der Waals surface area contributed by atoms with Crippen molar-refractivity contribution in [1.29, 1.82) is 5.41 Å². The number of nitrogens with one attached hydrogen (secondary N) is 1. The summed E-state index contributed by atoms with van der Waals surface area (Å²) in [5, 5.41) is 6.71. The maximum absolute atomic E-state index is 6.71. The van der Waals surface area contributed by atoms with Crippen LogP contribution >= 0.6 is 0 Å². The van der Waals surface area contributed by atoms with Gasteiger partial charge in [-0.15, -0.1) is 0 Å². The molecule has 0 bridgehead atoms. The van der Waals surface area contributed by atoms with Gasteiger partial charge in [0.15, 0.2) is 0 Å². The minimum Gasteiger partial charge on any atom is -0.382 e. The molecule has 1 heterocycles. The highest BCUT2D eigenvalue weighted by atomic mass is 15.1. The molecule has 1 aliphatic rings. The first-order valence-electron chi connectivity index (χ1n) is 1.76. The number of amidine groups is 1. The smallest absolute Gasteiger partial charge is 0.243 e. The third kappa shape index (κ3) is 0.623. The number of nitrogens with two attached hydrogens (primary N) is 1. The molecule has 0 aliphatic carbocycles. The van der Waals surface area contributed by atoms with Gasteiger partial charge in [-0.3, -0.25) is 5.41 Å². The van der Waals surface area contributed by atoms with Crippen LogP contribution in [-0.4, -0.2) is 18.0 Å². The summed E-state index contributed by atoms with van der Waals surface area (Å²) in [6.07, 6.45) is 1.35. The van der Waals surface area contributed by atoms with Crippen molar-refractivity contribution in [3.8, 4) is 0 Å². The van der Waals surface area contributed by atoms with E-state index in [1.165, 1.54) is 6.21 Å². The molecule has 0 radical (unpaired) electrons. The Kier molecular flexibility index (Phi) is 0.651. The fourth-order valence-corrected chi connectivity index (χ4v) is 0.307. The van der Waals surface area contributed by atoms with Crippen molar-refractivity contribution in [2.24, 2.45) is 15.7 Å². The summed E-state index contributed by atoms with van der Waals surface area (Å²) in [4.78, 5) is 6.89. The molecule has 0 saturated heterocycles. The lowest BCUT2D eigenvalue weighted by molar-refractivity contribution is 1.40. The van der Waals surface area contributed by atoms with Gasteiger partial charge in [0.25, 0.3) is 0 Å². The zero-order valence-corrected chi connectivity index (χ0v) is 3.55. The molecule has 0 unspecified atom stereocenters. The van der Waals surface area contributed by atoms with Crippen LogP contribution < -0.4 is 5.73 Å². The molecule has 36 valence electrons. The second-order valence-corrected chi connectivity index (χ2v) is 1.12. The van der Waals surface area contributed by atoms with Crippen LogP contribution in [0.5, 0.6) is 0 Å². The second-order valence-electron chi connectivity index (χ2n) is 1.12. The second kappa shape index (κ2) is 1.14. The molecule has 1 rings (SSSR count). The average Bonchev–Trinajstić information content (AvgIpc) is 1.87. The topological polar surface area (TPSA) is 74.6 Å². The molecule has 0 spiro atoms. The zero-order valence-electron chi connectivity index (χ0n) is 3.55. The van der Waals surface area contributed by atoms with Crippen molar-refractivity contribution in [1.82, 2.24) is 0 Å². The fourth-order valence-electron chi connectivity index (χ4n) is 0.307. The SMILES string of the molecule is N=C1N=CC(N)=N1. The molecule has 0 fully saturated rings. The third-order valence-electron chi connectivity index (χ3n) is 0.554. The summed E-state index contributed by atoms with van der Waals surface area (Å²) in [6.45, 7) is 0. The first kappa shape index (κ1) is 3.98. The lowest BCUT2D eigenvalue weighted by Crippen LogP contribution is -2.09. The molecular weight excluding hydrogens is 92.1 g/mol. The lowest BCUT2D eigenvalue weighted by atomic mass is 10.7. The van der Waals surface area contributed by atoms with E-state index in [4.69, 9.17) is 11.1 Å². The standard InChI is InChI=1S/C3H4N4/c4-2-1-6-3(5)7-2/h1H,(H3,4,5,7). The fraction of sp³-hybridized carbons (Fsp3) is 0. The molecule has 0 amide bonds. The van der Waals surface area contributed by atoms with E-state index >= 15 is 0 Å². The predicted octanol–water partition coefficient (Wildman–Crippen LogP) is -0.637. The molecule has 7 heavy (non-hydrogen) atoms. The van der Waals surface area contributed by atoms with Crippen LogP contribution in [0.15, 0.2) is 9.98 Å². The van der Waals surface area contributed by atoms with Gasteiger partial charge in [-0.05, 0) is 0 Å². The van der Waals surface area contributed by atoms with Crippen LogP contribution in [0, 0.1) is 5.41 Å². The quantitative estimate of drug-likeness (QED) is 0.413. The van der Waals surface area contributed by atoms with E-state index < -0.39 is 0 Å². The molecular formula is C3H4N4. The molecule has 1 aliphatic heterocycles. The van der Waals surface area contributed by atoms with Gasteiger partial charge in [-0.2, -0.15) is 4.99 Å². The Morgan fingerprint density at radius 2 is 2.43 bits per heavy atom. The highest BCUT2D eigenvalue weighted by Crippen LogP contribution is 1.83. The van der Waals surface area contributed by atoms with Gasteiger partial charge in [-0.1, -0.05) is 0 Å². The van der Waals surface area contributed by atoms with Crippen LogP contribution in [-0.2, 0) is 0 Å². The molecule has 0 aromatic rings. The number of guanidine groups is 1. The summed E-state index contributed by atoms with van der Waals surface area (Å²) in [6, 6.07) is 0. The summed E-state index contributed by atoms with van der Waals surface area (Å²) in [5.41, 5.74) is 5.08. The predicted molar refractivity (Wildman–Crippen MR) is 27.8 cm³/mol. The van der Waals surface area contributed by atoms with E-state index in [0.29, 0.717) is 5.84 Å².